The summed E-state index contributed by atoms with van der Waals surface area (Å²) in [5.74, 6) is -0.559. The number of carbonyl (C=O) groups is 2. The molecule has 3 aliphatic rings. The highest BCUT2D eigenvalue weighted by molar-refractivity contribution is 9.10. The number of hydrogen-bond acceptors (Lipinski definition) is 4. The Hall–Kier alpha value is -1.45. The highest BCUT2D eigenvalue weighted by Gasteiger charge is 2.52. The molecule has 9 heteroatoms. The van der Waals surface area contributed by atoms with E-state index in [1.807, 2.05) is 29.0 Å². The van der Waals surface area contributed by atoms with E-state index in [0.29, 0.717) is 6.54 Å². The maximum Gasteiger partial charge on any atom is 0.304 e. The first kappa shape index (κ1) is 17.0. The van der Waals surface area contributed by atoms with Crippen molar-refractivity contribution in [2.75, 3.05) is 19.6 Å². The lowest BCUT2D eigenvalue weighted by Crippen LogP contribution is -2.60. The third kappa shape index (κ3) is 2.60. The third-order valence-corrected chi connectivity index (χ3v) is 7.46. The van der Waals surface area contributed by atoms with E-state index in [-0.39, 0.29) is 19.0 Å². The molecule has 0 bridgehead atoms. The van der Waals surface area contributed by atoms with E-state index in [2.05, 4.69) is 15.9 Å². The molecule has 134 valence electrons. The molecule has 0 spiro atoms. The number of benzene rings is 1. The molecule has 2 aliphatic heterocycles. The van der Waals surface area contributed by atoms with E-state index in [1.54, 1.807) is 4.90 Å². The van der Waals surface area contributed by atoms with Crippen LogP contribution in [0.3, 0.4) is 0 Å². The molecule has 1 unspecified atom stereocenters. The minimum Gasteiger partial charge on any atom is -0.338 e. The number of fused-ring (bicyclic) bond motifs is 1. The van der Waals surface area contributed by atoms with Gasteiger partial charge in [0.2, 0.25) is 5.91 Å². The fourth-order valence-corrected chi connectivity index (χ4v) is 5.68. The van der Waals surface area contributed by atoms with Crippen molar-refractivity contribution in [3.8, 4) is 0 Å². The standard InChI is InChI=1S/C16H18BrN3O4S/c17-12-4-1-3-11(9-12)16(5-2-6-16)15(22)19-7-8-20-13(10-19)14(21)18-25(20,23)24/h1,3-4,9,13H,2,5-8,10H2,(H,18,21). The highest BCUT2D eigenvalue weighted by atomic mass is 79.9. The van der Waals surface area contributed by atoms with Crippen LogP contribution in [-0.2, 0) is 25.2 Å². The van der Waals surface area contributed by atoms with Gasteiger partial charge in [0.15, 0.2) is 0 Å². The average molecular weight is 428 g/mol. The molecular weight excluding hydrogens is 410 g/mol. The molecule has 2 heterocycles. The summed E-state index contributed by atoms with van der Waals surface area (Å²) in [6.45, 7) is 0.560. The van der Waals surface area contributed by atoms with Crippen LogP contribution in [0, 0.1) is 0 Å². The largest absolute Gasteiger partial charge is 0.338 e. The number of amides is 2. The summed E-state index contributed by atoms with van der Waals surface area (Å²) in [6.07, 6.45) is 2.53. The van der Waals surface area contributed by atoms with Gasteiger partial charge in [0, 0.05) is 24.1 Å². The van der Waals surface area contributed by atoms with Gasteiger partial charge in [-0.25, -0.2) is 4.72 Å². The Balaban J connectivity index is 1.60. The van der Waals surface area contributed by atoms with E-state index in [9.17, 15) is 18.0 Å². The third-order valence-electron chi connectivity index (χ3n) is 5.45. The molecule has 2 amide bonds. The Labute approximate surface area is 154 Å². The van der Waals surface area contributed by atoms with Crippen molar-refractivity contribution in [3.63, 3.8) is 0 Å². The first-order chi connectivity index (χ1) is 11.8. The molecule has 4 rings (SSSR count). The van der Waals surface area contributed by atoms with Gasteiger partial charge in [-0.2, -0.15) is 12.7 Å². The van der Waals surface area contributed by atoms with E-state index < -0.39 is 27.6 Å². The van der Waals surface area contributed by atoms with Crippen molar-refractivity contribution in [1.29, 1.82) is 0 Å². The molecule has 1 aromatic rings. The Bertz CT molecular complexity index is 853. The molecule has 2 saturated heterocycles. The summed E-state index contributed by atoms with van der Waals surface area (Å²) in [5, 5.41) is 0. The highest BCUT2D eigenvalue weighted by Crippen LogP contribution is 2.46. The second-order valence-corrected chi connectivity index (χ2v) is 9.33. The van der Waals surface area contributed by atoms with Crippen molar-refractivity contribution in [1.82, 2.24) is 13.9 Å². The predicted molar refractivity (Wildman–Crippen MR) is 93.8 cm³/mol. The first-order valence-electron chi connectivity index (χ1n) is 8.22. The van der Waals surface area contributed by atoms with Crippen molar-refractivity contribution in [2.24, 2.45) is 0 Å². The lowest BCUT2D eigenvalue weighted by molar-refractivity contribution is -0.143. The van der Waals surface area contributed by atoms with Gasteiger partial charge in [0.25, 0.3) is 5.91 Å². The topological polar surface area (TPSA) is 86.8 Å². The zero-order valence-corrected chi connectivity index (χ0v) is 15.8. The Morgan fingerprint density at radius 2 is 2.04 bits per heavy atom. The minimum absolute atomic E-state index is 0.00593. The summed E-state index contributed by atoms with van der Waals surface area (Å²) in [7, 11) is -3.74. The lowest BCUT2D eigenvalue weighted by Gasteiger charge is -2.46. The summed E-state index contributed by atoms with van der Waals surface area (Å²) < 4.78 is 27.9. The number of carbonyl (C=O) groups excluding carboxylic acids is 2. The molecule has 7 nitrogen and oxygen atoms in total. The van der Waals surface area contributed by atoms with Gasteiger partial charge in [0.1, 0.15) is 6.04 Å². The van der Waals surface area contributed by atoms with Crippen molar-refractivity contribution < 1.29 is 18.0 Å². The van der Waals surface area contributed by atoms with E-state index in [0.717, 1.165) is 33.6 Å². The van der Waals surface area contributed by atoms with Crippen LogP contribution in [0.15, 0.2) is 28.7 Å². The Morgan fingerprint density at radius 3 is 2.68 bits per heavy atom. The van der Waals surface area contributed by atoms with Gasteiger partial charge in [-0.15, -0.1) is 0 Å². The minimum atomic E-state index is -3.74. The molecule has 25 heavy (non-hydrogen) atoms. The van der Waals surface area contributed by atoms with Crippen LogP contribution >= 0.6 is 15.9 Å². The first-order valence-corrected chi connectivity index (χ1v) is 10.5. The molecule has 0 radical (unpaired) electrons. The van der Waals surface area contributed by atoms with E-state index in [1.165, 1.54) is 0 Å². The number of halogens is 1. The lowest BCUT2D eigenvalue weighted by atomic mass is 9.63. The second kappa shape index (κ2) is 5.78. The molecule has 3 fully saturated rings. The van der Waals surface area contributed by atoms with Gasteiger partial charge >= 0.3 is 10.2 Å². The Morgan fingerprint density at radius 1 is 1.28 bits per heavy atom. The normalized spacial score (nSPS) is 27.3. The van der Waals surface area contributed by atoms with Crippen LogP contribution in [0.2, 0.25) is 0 Å². The van der Waals surface area contributed by atoms with Crippen molar-refractivity contribution in [2.45, 2.75) is 30.7 Å². The Kier molecular flexibility index (Phi) is 3.93. The molecular formula is C16H18BrN3O4S. The predicted octanol–water partition coefficient (Wildman–Crippen LogP) is 0.758. The molecule has 1 N–H and O–H groups in total. The zero-order chi connectivity index (χ0) is 17.8. The smallest absolute Gasteiger partial charge is 0.304 e. The average Bonchev–Trinajstić information content (AvgIpc) is 2.75. The van der Waals surface area contributed by atoms with Crippen molar-refractivity contribution in [3.05, 3.63) is 34.3 Å². The fourth-order valence-electron chi connectivity index (χ4n) is 3.95. The second-order valence-electron chi connectivity index (χ2n) is 6.80. The van der Waals surface area contributed by atoms with Gasteiger partial charge in [-0.3, -0.25) is 9.59 Å². The molecule has 1 aromatic carbocycles. The van der Waals surface area contributed by atoms with Gasteiger partial charge in [-0.1, -0.05) is 34.5 Å². The SMILES string of the molecule is O=C1NS(=O)(=O)N2CCN(C(=O)C3(c4cccc(Br)c4)CCC3)CC12. The number of rotatable bonds is 2. The van der Waals surface area contributed by atoms with Crippen LogP contribution in [0.4, 0.5) is 0 Å². The molecule has 1 saturated carbocycles. The number of nitrogens with one attached hydrogen (secondary N) is 1. The van der Waals surface area contributed by atoms with Crippen LogP contribution in [0.5, 0.6) is 0 Å². The van der Waals surface area contributed by atoms with Gasteiger partial charge < -0.3 is 4.90 Å². The van der Waals surface area contributed by atoms with Crippen LogP contribution in [0.1, 0.15) is 24.8 Å². The van der Waals surface area contributed by atoms with E-state index in [4.69, 9.17) is 0 Å². The molecule has 1 atom stereocenters. The molecule has 1 aliphatic carbocycles. The summed E-state index contributed by atoms with van der Waals surface area (Å²) >= 11 is 3.46. The van der Waals surface area contributed by atoms with Crippen LogP contribution in [0.25, 0.3) is 0 Å². The van der Waals surface area contributed by atoms with Gasteiger partial charge in [0.05, 0.1) is 5.41 Å². The zero-order valence-electron chi connectivity index (χ0n) is 13.4. The van der Waals surface area contributed by atoms with Crippen molar-refractivity contribution >= 4 is 38.0 Å². The van der Waals surface area contributed by atoms with Crippen LogP contribution in [-0.4, -0.2) is 55.1 Å². The van der Waals surface area contributed by atoms with Gasteiger partial charge in [-0.05, 0) is 30.5 Å². The maximum absolute atomic E-state index is 13.3. The summed E-state index contributed by atoms with van der Waals surface area (Å²) in [6, 6.07) is 6.96. The number of piperazine rings is 1. The monoisotopic (exact) mass is 427 g/mol. The number of hydrogen-bond donors (Lipinski definition) is 1. The number of nitrogens with zero attached hydrogens (tertiary/aromatic N) is 2. The maximum atomic E-state index is 13.3. The molecule has 0 aromatic heterocycles. The summed E-state index contributed by atoms with van der Waals surface area (Å²) in [4.78, 5) is 26.9. The quantitative estimate of drug-likeness (QED) is 0.754. The van der Waals surface area contributed by atoms with E-state index >= 15 is 0 Å². The van der Waals surface area contributed by atoms with Crippen LogP contribution < -0.4 is 4.72 Å². The fraction of sp³-hybridized carbons (Fsp3) is 0.500. The summed E-state index contributed by atoms with van der Waals surface area (Å²) in [5.41, 5.74) is 0.420.